The molecule has 0 heterocycles. The predicted molar refractivity (Wildman–Crippen MR) is 209 cm³/mol. The number of amides is 2. The first-order valence-electron chi connectivity index (χ1n) is 18.5. The molecule has 2 amide bonds. The summed E-state index contributed by atoms with van der Waals surface area (Å²) in [6, 6.07) is 42.1. The number of hydrogen-bond donors (Lipinski definition) is 2. The normalized spacial score (nSPS) is 13.8. The fraction of sp³-hybridized carbons (Fsp3) is 0.283. The molecular weight excluding hydrogens is 661 g/mol. The zero-order valence-corrected chi connectivity index (χ0v) is 30.5. The molecule has 5 aromatic rings. The van der Waals surface area contributed by atoms with Crippen molar-refractivity contribution in [1.82, 2.24) is 10.2 Å². The third-order valence-electron chi connectivity index (χ3n) is 9.93. The maximum Gasteiger partial charge on any atom is 0.330 e. The number of aryl methyl sites for hydroxylation is 2. The number of nitrogens with one attached hydrogen (secondary N) is 1. The number of fused-ring (bicyclic) bond motifs is 1. The van der Waals surface area contributed by atoms with E-state index in [0.717, 1.165) is 47.1 Å². The Bertz CT molecular complexity index is 1980. The third-order valence-corrected chi connectivity index (χ3v) is 9.93. The molecule has 1 aliphatic carbocycles. The van der Waals surface area contributed by atoms with Gasteiger partial charge in [-0.05, 0) is 82.7 Å². The Morgan fingerprint density at radius 2 is 1.26 bits per heavy atom. The number of ether oxygens (including phenoxy) is 1. The van der Waals surface area contributed by atoms with Crippen molar-refractivity contribution in [1.29, 1.82) is 0 Å². The maximum absolute atomic E-state index is 14.5. The Labute approximate surface area is 312 Å². The molecule has 5 aromatic carbocycles. The number of aliphatic carboxylic acids is 1. The summed E-state index contributed by atoms with van der Waals surface area (Å²) >= 11 is 0. The van der Waals surface area contributed by atoms with Crippen molar-refractivity contribution < 1.29 is 24.2 Å². The molecule has 0 aromatic heterocycles. The molecule has 0 aliphatic heterocycles. The number of urea groups is 1. The number of carboxylic acids is 1. The second-order valence-corrected chi connectivity index (χ2v) is 14.6. The van der Waals surface area contributed by atoms with E-state index < -0.39 is 29.4 Å². The highest BCUT2D eigenvalue weighted by atomic mass is 16.5. The van der Waals surface area contributed by atoms with Gasteiger partial charge < -0.3 is 20.1 Å². The number of nitrogens with zero attached hydrogens (tertiary/aromatic N) is 1. The zero-order valence-electron chi connectivity index (χ0n) is 30.5. The van der Waals surface area contributed by atoms with Crippen LogP contribution in [0.2, 0.25) is 0 Å². The van der Waals surface area contributed by atoms with E-state index in [9.17, 15) is 19.5 Å². The first kappa shape index (κ1) is 37.1. The number of benzene rings is 5. The summed E-state index contributed by atoms with van der Waals surface area (Å²) in [5.74, 6) is -1.72. The van der Waals surface area contributed by atoms with Gasteiger partial charge in [0, 0.05) is 25.9 Å². The van der Waals surface area contributed by atoms with Crippen LogP contribution >= 0.6 is 0 Å². The van der Waals surface area contributed by atoms with Crippen LogP contribution in [0.4, 0.5) is 4.79 Å². The quantitative estimate of drug-likeness (QED) is 0.0840. The fourth-order valence-corrected chi connectivity index (χ4v) is 7.26. The van der Waals surface area contributed by atoms with Gasteiger partial charge in [-0.3, -0.25) is 4.79 Å². The van der Waals surface area contributed by atoms with E-state index in [4.69, 9.17) is 4.74 Å². The second-order valence-electron chi connectivity index (χ2n) is 14.6. The van der Waals surface area contributed by atoms with Crippen LogP contribution < -0.4 is 10.1 Å². The van der Waals surface area contributed by atoms with E-state index in [-0.39, 0.29) is 25.3 Å². The first-order valence-corrected chi connectivity index (χ1v) is 18.5. The van der Waals surface area contributed by atoms with Crippen LogP contribution in [0.1, 0.15) is 48.1 Å². The molecule has 1 unspecified atom stereocenters. The van der Waals surface area contributed by atoms with Crippen molar-refractivity contribution in [2.24, 2.45) is 11.8 Å². The number of hydrogen-bond acceptors (Lipinski definition) is 4. The molecule has 1 aliphatic rings. The highest BCUT2D eigenvalue weighted by molar-refractivity contribution is 5.87. The van der Waals surface area contributed by atoms with Crippen LogP contribution in [-0.4, -0.2) is 46.6 Å². The number of carbonyl (C=O) groups is 3. The van der Waals surface area contributed by atoms with Gasteiger partial charge >= 0.3 is 18.0 Å². The van der Waals surface area contributed by atoms with Gasteiger partial charge in [-0.25, -0.2) is 9.59 Å². The van der Waals surface area contributed by atoms with E-state index in [0.29, 0.717) is 18.7 Å². The van der Waals surface area contributed by atoms with Crippen LogP contribution in [-0.2, 0) is 41.7 Å². The van der Waals surface area contributed by atoms with Gasteiger partial charge in [0.1, 0.15) is 11.3 Å². The van der Waals surface area contributed by atoms with E-state index in [1.165, 1.54) is 11.1 Å². The molecule has 2 atom stereocenters. The van der Waals surface area contributed by atoms with Gasteiger partial charge in [-0.1, -0.05) is 135 Å². The lowest BCUT2D eigenvalue weighted by molar-refractivity contribution is -0.144. The molecule has 0 saturated carbocycles. The molecule has 6 rings (SSSR count). The molecule has 0 saturated heterocycles. The monoisotopic (exact) mass is 708 g/mol. The van der Waals surface area contributed by atoms with Crippen LogP contribution in [0.3, 0.4) is 0 Å². The van der Waals surface area contributed by atoms with Crippen molar-refractivity contribution in [2.45, 2.75) is 57.9 Å². The van der Waals surface area contributed by atoms with Gasteiger partial charge in [-0.15, -0.1) is 0 Å². The Morgan fingerprint density at radius 3 is 1.89 bits per heavy atom. The molecular formula is C46H48N2O5. The van der Waals surface area contributed by atoms with Gasteiger partial charge in [0.2, 0.25) is 0 Å². The van der Waals surface area contributed by atoms with E-state index >= 15 is 0 Å². The number of rotatable bonds is 15. The Morgan fingerprint density at radius 1 is 0.698 bits per heavy atom. The van der Waals surface area contributed by atoms with Gasteiger partial charge in [0.05, 0.1) is 5.92 Å². The third kappa shape index (κ3) is 9.80. The van der Waals surface area contributed by atoms with Gasteiger partial charge in [0.25, 0.3) is 0 Å². The summed E-state index contributed by atoms with van der Waals surface area (Å²) < 4.78 is 6.01. The van der Waals surface area contributed by atoms with Crippen molar-refractivity contribution in [3.8, 4) is 16.9 Å². The van der Waals surface area contributed by atoms with Crippen molar-refractivity contribution >= 4 is 18.0 Å². The number of carbonyl (C=O) groups excluding carboxylic acids is 2. The van der Waals surface area contributed by atoms with E-state index in [1.54, 1.807) is 4.90 Å². The van der Waals surface area contributed by atoms with Gasteiger partial charge in [-0.2, -0.15) is 0 Å². The molecule has 53 heavy (non-hydrogen) atoms. The number of esters is 1. The standard InChI is InChI=1S/C46H48N2O5/c1-33(2)31-48(32-41(27-34-13-6-3-7-14-34)43(49)53-42-26-25-38-19-12-20-40(38)28-42)45(52)47-46(44(50)51,29-35-15-8-4-9-16-35)30-36-21-23-39(24-22-36)37-17-10-5-11-18-37/h3-11,13-18,21-26,28,33,41H,12,19-20,27,29-32H2,1-2H3,(H,47,52)(H,50,51)/t41?,46-/m0/s1. The highest BCUT2D eigenvalue weighted by Gasteiger charge is 2.42. The average Bonchev–Trinajstić information content (AvgIpc) is 3.63. The summed E-state index contributed by atoms with van der Waals surface area (Å²) in [6.45, 7) is 4.36. The zero-order chi connectivity index (χ0) is 37.2. The lowest BCUT2D eigenvalue weighted by Gasteiger charge is -2.35. The summed E-state index contributed by atoms with van der Waals surface area (Å²) in [6.07, 6.45) is 3.56. The second kappa shape index (κ2) is 17.2. The lowest BCUT2D eigenvalue weighted by Crippen LogP contribution is -2.61. The summed E-state index contributed by atoms with van der Waals surface area (Å²) in [4.78, 5) is 43.5. The largest absolute Gasteiger partial charge is 0.479 e. The predicted octanol–water partition coefficient (Wildman–Crippen LogP) is 8.58. The minimum absolute atomic E-state index is 0.0461. The van der Waals surface area contributed by atoms with Crippen LogP contribution in [0, 0.1) is 11.8 Å². The fourth-order valence-electron chi connectivity index (χ4n) is 7.26. The summed E-state index contributed by atoms with van der Waals surface area (Å²) in [5, 5.41) is 14.0. The van der Waals surface area contributed by atoms with Crippen molar-refractivity contribution in [3.63, 3.8) is 0 Å². The van der Waals surface area contributed by atoms with Gasteiger partial charge in [0.15, 0.2) is 0 Å². The van der Waals surface area contributed by atoms with Crippen LogP contribution in [0.15, 0.2) is 133 Å². The number of carboxylic acid groups (broad SMARTS) is 1. The SMILES string of the molecule is CC(C)CN(CC(Cc1ccccc1)C(=O)Oc1ccc2c(c1)CCC2)C(=O)N[C@@](Cc1ccccc1)(Cc1ccc(-c2ccccc2)cc1)C(=O)O. The van der Waals surface area contributed by atoms with Crippen LogP contribution in [0.25, 0.3) is 11.1 Å². The average molecular weight is 709 g/mol. The summed E-state index contributed by atoms with van der Waals surface area (Å²) in [7, 11) is 0. The minimum atomic E-state index is -1.68. The van der Waals surface area contributed by atoms with E-state index in [1.807, 2.05) is 147 Å². The molecule has 0 bridgehead atoms. The molecule has 0 fully saturated rings. The molecule has 2 N–H and O–H groups in total. The minimum Gasteiger partial charge on any atom is -0.479 e. The smallest absolute Gasteiger partial charge is 0.330 e. The van der Waals surface area contributed by atoms with E-state index in [2.05, 4.69) is 5.32 Å². The van der Waals surface area contributed by atoms with Crippen molar-refractivity contribution in [2.75, 3.05) is 13.1 Å². The van der Waals surface area contributed by atoms with Crippen LogP contribution in [0.5, 0.6) is 5.75 Å². The summed E-state index contributed by atoms with van der Waals surface area (Å²) in [5.41, 5.74) is 5.39. The first-order chi connectivity index (χ1) is 25.7. The highest BCUT2D eigenvalue weighted by Crippen LogP contribution is 2.28. The molecule has 272 valence electrons. The molecule has 0 spiro atoms. The molecule has 7 heteroatoms. The van der Waals surface area contributed by atoms with Crippen molar-refractivity contribution in [3.05, 3.63) is 161 Å². The lowest BCUT2D eigenvalue weighted by atomic mass is 9.84. The Hall–Kier alpha value is -5.69. The molecule has 0 radical (unpaired) electrons. The molecule has 7 nitrogen and oxygen atoms in total. The Balaban J connectivity index is 1.29. The topological polar surface area (TPSA) is 95.9 Å². The maximum atomic E-state index is 14.5. The Kier molecular flexibility index (Phi) is 12.0.